The molecule has 0 bridgehead atoms. The summed E-state index contributed by atoms with van der Waals surface area (Å²) in [5, 5.41) is 11.4. The predicted octanol–water partition coefficient (Wildman–Crippen LogP) is 3.71. The number of carbonyl (C=O) groups is 1. The van der Waals surface area contributed by atoms with Crippen LogP contribution in [-0.2, 0) is 4.79 Å². The van der Waals surface area contributed by atoms with Crippen molar-refractivity contribution in [1.29, 1.82) is 0 Å². The van der Waals surface area contributed by atoms with E-state index < -0.39 is 5.97 Å². The second-order valence-corrected chi connectivity index (χ2v) is 4.81. The van der Waals surface area contributed by atoms with Gasteiger partial charge in [0.05, 0.1) is 12.5 Å². The number of hydrogen-bond acceptors (Lipinski definition) is 1. The summed E-state index contributed by atoms with van der Waals surface area (Å²) in [7, 11) is 0. The second-order valence-electron chi connectivity index (χ2n) is 4.81. The van der Waals surface area contributed by atoms with Crippen molar-refractivity contribution in [2.24, 2.45) is 0 Å². The van der Waals surface area contributed by atoms with Crippen molar-refractivity contribution in [1.82, 2.24) is 4.57 Å². The van der Waals surface area contributed by atoms with Crippen LogP contribution in [0.15, 0.2) is 67.0 Å². The maximum absolute atomic E-state index is 11.2. The molecule has 3 aromatic rings. The number of hydrogen-bond donors (Lipinski definition) is 1. The van der Waals surface area contributed by atoms with Gasteiger partial charge >= 0.3 is 5.97 Å². The fraction of sp³-hybridized carbons (Fsp3) is 0.118. The molecule has 0 unspecified atom stereocenters. The first kappa shape index (κ1) is 12.5. The monoisotopic (exact) mass is 265 g/mol. The SMILES string of the molecule is O=C(O)C[C@H](c1cccc2ccccc12)n1cccc1. The van der Waals surface area contributed by atoms with Gasteiger partial charge in [0, 0.05) is 12.4 Å². The molecule has 1 N–H and O–H groups in total. The molecule has 0 fully saturated rings. The topological polar surface area (TPSA) is 42.2 Å². The molecule has 3 nitrogen and oxygen atoms in total. The van der Waals surface area contributed by atoms with Crippen molar-refractivity contribution in [3.05, 3.63) is 72.6 Å². The van der Waals surface area contributed by atoms with E-state index in [0.29, 0.717) is 0 Å². The lowest BCUT2D eigenvalue weighted by Crippen LogP contribution is -2.14. The van der Waals surface area contributed by atoms with Crippen LogP contribution in [0.25, 0.3) is 10.8 Å². The third-order valence-electron chi connectivity index (χ3n) is 3.54. The molecule has 0 spiro atoms. The third kappa shape index (κ3) is 2.30. The average Bonchev–Trinajstić information content (AvgIpc) is 2.98. The first-order valence-electron chi connectivity index (χ1n) is 6.57. The second kappa shape index (κ2) is 5.21. The lowest BCUT2D eigenvalue weighted by Gasteiger charge is -2.19. The van der Waals surface area contributed by atoms with E-state index in [1.807, 2.05) is 71.6 Å². The van der Waals surface area contributed by atoms with Crippen LogP contribution in [0.5, 0.6) is 0 Å². The summed E-state index contributed by atoms with van der Waals surface area (Å²) in [5.74, 6) is -0.795. The Morgan fingerprint density at radius 2 is 1.70 bits per heavy atom. The Morgan fingerprint density at radius 1 is 1.00 bits per heavy atom. The Morgan fingerprint density at radius 3 is 2.45 bits per heavy atom. The lowest BCUT2D eigenvalue weighted by atomic mass is 9.96. The first-order valence-corrected chi connectivity index (χ1v) is 6.57. The minimum atomic E-state index is -0.795. The molecule has 3 heteroatoms. The van der Waals surface area contributed by atoms with Gasteiger partial charge in [-0.1, -0.05) is 42.5 Å². The molecule has 0 aliphatic carbocycles. The molecule has 3 rings (SSSR count). The van der Waals surface area contributed by atoms with Crippen LogP contribution in [0.2, 0.25) is 0 Å². The Bertz CT molecular complexity index is 726. The van der Waals surface area contributed by atoms with Crippen molar-refractivity contribution in [3.63, 3.8) is 0 Å². The van der Waals surface area contributed by atoms with E-state index in [1.54, 1.807) is 0 Å². The van der Waals surface area contributed by atoms with Crippen LogP contribution in [0.4, 0.5) is 0 Å². The molecule has 0 amide bonds. The van der Waals surface area contributed by atoms with E-state index in [2.05, 4.69) is 0 Å². The Labute approximate surface area is 117 Å². The van der Waals surface area contributed by atoms with Crippen LogP contribution in [0.1, 0.15) is 18.0 Å². The van der Waals surface area contributed by atoms with Crippen molar-refractivity contribution >= 4 is 16.7 Å². The minimum absolute atomic E-state index is 0.0721. The molecule has 1 heterocycles. The van der Waals surface area contributed by atoms with E-state index in [-0.39, 0.29) is 12.5 Å². The molecule has 0 saturated heterocycles. The van der Waals surface area contributed by atoms with Crippen molar-refractivity contribution < 1.29 is 9.90 Å². The molecule has 20 heavy (non-hydrogen) atoms. The molecule has 0 radical (unpaired) electrons. The summed E-state index contributed by atoms with van der Waals surface area (Å²) < 4.78 is 1.95. The normalized spacial score (nSPS) is 12.4. The summed E-state index contributed by atoms with van der Waals surface area (Å²) in [6, 6.07) is 17.8. The van der Waals surface area contributed by atoms with Gasteiger partial charge < -0.3 is 9.67 Å². The number of carboxylic acid groups (broad SMARTS) is 1. The summed E-state index contributed by atoms with van der Waals surface area (Å²) in [4.78, 5) is 11.2. The molecule has 0 aliphatic heterocycles. The van der Waals surface area contributed by atoms with Gasteiger partial charge in [-0.2, -0.15) is 0 Å². The largest absolute Gasteiger partial charge is 0.481 e. The van der Waals surface area contributed by atoms with Gasteiger partial charge in [-0.05, 0) is 28.5 Å². The summed E-state index contributed by atoms with van der Waals surface area (Å²) >= 11 is 0. The molecule has 0 saturated carbocycles. The number of aliphatic carboxylic acids is 1. The summed E-state index contributed by atoms with van der Waals surface area (Å²) in [6.07, 6.45) is 3.90. The fourth-order valence-corrected chi connectivity index (χ4v) is 2.64. The fourth-order valence-electron chi connectivity index (χ4n) is 2.64. The number of fused-ring (bicyclic) bond motifs is 1. The van der Waals surface area contributed by atoms with Crippen molar-refractivity contribution in [2.75, 3.05) is 0 Å². The molecule has 2 aromatic carbocycles. The standard InChI is InChI=1S/C17H15NO2/c19-17(20)12-16(18-10-3-4-11-18)15-9-5-7-13-6-1-2-8-14(13)15/h1-11,16H,12H2,(H,19,20)/t16-/m1/s1. The zero-order valence-electron chi connectivity index (χ0n) is 10.9. The average molecular weight is 265 g/mol. The highest BCUT2D eigenvalue weighted by molar-refractivity contribution is 5.86. The lowest BCUT2D eigenvalue weighted by molar-refractivity contribution is -0.137. The highest BCUT2D eigenvalue weighted by Gasteiger charge is 2.18. The first-order chi connectivity index (χ1) is 9.75. The van der Waals surface area contributed by atoms with Crippen LogP contribution >= 0.6 is 0 Å². The Hall–Kier alpha value is -2.55. The van der Waals surface area contributed by atoms with Gasteiger partial charge in [0.1, 0.15) is 0 Å². The van der Waals surface area contributed by atoms with Crippen LogP contribution in [0.3, 0.4) is 0 Å². The van der Waals surface area contributed by atoms with Crippen LogP contribution in [0, 0.1) is 0 Å². The van der Waals surface area contributed by atoms with Crippen molar-refractivity contribution in [3.8, 4) is 0 Å². The smallest absolute Gasteiger partial charge is 0.305 e. The van der Waals surface area contributed by atoms with E-state index in [9.17, 15) is 9.90 Å². The number of aromatic nitrogens is 1. The molecule has 100 valence electrons. The van der Waals surface area contributed by atoms with E-state index in [1.165, 1.54) is 0 Å². The van der Waals surface area contributed by atoms with Crippen LogP contribution in [-0.4, -0.2) is 15.6 Å². The van der Waals surface area contributed by atoms with E-state index in [0.717, 1.165) is 16.3 Å². The highest BCUT2D eigenvalue weighted by Crippen LogP contribution is 2.29. The molecule has 1 aromatic heterocycles. The molecule has 0 aliphatic rings. The maximum atomic E-state index is 11.2. The quantitative estimate of drug-likeness (QED) is 0.781. The van der Waals surface area contributed by atoms with E-state index in [4.69, 9.17) is 0 Å². The highest BCUT2D eigenvalue weighted by atomic mass is 16.4. The third-order valence-corrected chi connectivity index (χ3v) is 3.54. The number of carboxylic acids is 1. The van der Waals surface area contributed by atoms with E-state index >= 15 is 0 Å². The molecule has 1 atom stereocenters. The number of nitrogens with zero attached hydrogens (tertiary/aromatic N) is 1. The number of benzene rings is 2. The molecular formula is C17H15NO2. The molecular weight excluding hydrogens is 250 g/mol. The van der Waals surface area contributed by atoms with Gasteiger partial charge in [0.25, 0.3) is 0 Å². The zero-order chi connectivity index (χ0) is 13.9. The van der Waals surface area contributed by atoms with Gasteiger partial charge in [-0.25, -0.2) is 0 Å². The number of rotatable bonds is 4. The van der Waals surface area contributed by atoms with Gasteiger partial charge in [-0.15, -0.1) is 0 Å². The summed E-state index contributed by atoms with van der Waals surface area (Å²) in [5.41, 5.74) is 1.04. The zero-order valence-corrected chi connectivity index (χ0v) is 10.9. The van der Waals surface area contributed by atoms with Gasteiger partial charge in [0.2, 0.25) is 0 Å². The van der Waals surface area contributed by atoms with Crippen molar-refractivity contribution in [2.45, 2.75) is 12.5 Å². The Kier molecular flexibility index (Phi) is 3.25. The maximum Gasteiger partial charge on any atom is 0.305 e. The van der Waals surface area contributed by atoms with Gasteiger partial charge in [0.15, 0.2) is 0 Å². The summed E-state index contributed by atoms with van der Waals surface area (Å²) in [6.45, 7) is 0. The minimum Gasteiger partial charge on any atom is -0.481 e. The predicted molar refractivity (Wildman–Crippen MR) is 78.8 cm³/mol. The van der Waals surface area contributed by atoms with Crippen LogP contribution < -0.4 is 0 Å². The Balaban J connectivity index is 2.16. The van der Waals surface area contributed by atoms with Gasteiger partial charge in [-0.3, -0.25) is 4.79 Å².